The van der Waals surface area contributed by atoms with Crippen LogP contribution in [0.25, 0.3) is 0 Å². The molecule has 180 valence electrons. The number of benzene rings is 2. The van der Waals surface area contributed by atoms with Gasteiger partial charge in [0, 0.05) is 16.7 Å². The van der Waals surface area contributed by atoms with Gasteiger partial charge in [0.25, 0.3) is 0 Å². The largest absolute Gasteiger partial charge is 0.350 e. The summed E-state index contributed by atoms with van der Waals surface area (Å²) in [7, 11) is -3.97. The van der Waals surface area contributed by atoms with E-state index < -0.39 is 21.8 Å². The first-order valence-electron chi connectivity index (χ1n) is 10.9. The molecule has 2 aliphatic rings. The second kappa shape index (κ2) is 10.6. The molecule has 1 aliphatic heterocycles. The van der Waals surface area contributed by atoms with Crippen molar-refractivity contribution in [1.82, 2.24) is 9.62 Å². The third-order valence-electron chi connectivity index (χ3n) is 5.91. The van der Waals surface area contributed by atoms with Crippen molar-refractivity contribution in [2.45, 2.75) is 25.7 Å². The average Bonchev–Trinajstić information content (AvgIpc) is 3.59. The van der Waals surface area contributed by atoms with Gasteiger partial charge in [-0.3, -0.25) is 4.72 Å². The molecular weight excluding hydrogens is 585 g/mol. The van der Waals surface area contributed by atoms with Gasteiger partial charge in [-0.1, -0.05) is 11.6 Å². The molecule has 33 heavy (non-hydrogen) atoms. The number of rotatable bonds is 9. The molecule has 3 N–H and O–H groups in total. The fourth-order valence-corrected chi connectivity index (χ4v) is 6.17. The Morgan fingerprint density at radius 1 is 1.06 bits per heavy atom. The molecule has 1 saturated carbocycles. The van der Waals surface area contributed by atoms with Crippen molar-refractivity contribution in [1.29, 1.82) is 0 Å². The Hall–Kier alpha value is -1.21. The first-order chi connectivity index (χ1) is 15.7. The molecule has 4 rings (SSSR count). The van der Waals surface area contributed by atoms with Gasteiger partial charge in [-0.2, -0.15) is 12.7 Å². The van der Waals surface area contributed by atoms with Crippen molar-refractivity contribution in [2.24, 2.45) is 11.8 Å². The minimum absolute atomic E-state index is 0.0856. The highest BCUT2D eigenvalue weighted by atomic mass is 127. The number of halogens is 4. The fraction of sp³-hybridized carbons (Fsp3) is 0.455. The van der Waals surface area contributed by atoms with E-state index in [0.29, 0.717) is 23.8 Å². The van der Waals surface area contributed by atoms with Gasteiger partial charge < -0.3 is 10.6 Å². The lowest BCUT2D eigenvalue weighted by atomic mass is 10.00. The summed E-state index contributed by atoms with van der Waals surface area (Å²) in [5.74, 6) is -1.31. The van der Waals surface area contributed by atoms with Gasteiger partial charge in [0.2, 0.25) is 0 Å². The van der Waals surface area contributed by atoms with Crippen LogP contribution >= 0.6 is 34.2 Å². The zero-order chi connectivity index (χ0) is 23.6. The summed E-state index contributed by atoms with van der Waals surface area (Å²) in [5.41, 5.74) is -0.0688. The molecule has 0 spiro atoms. The van der Waals surface area contributed by atoms with E-state index in [0.717, 1.165) is 41.5 Å². The van der Waals surface area contributed by atoms with E-state index in [-0.39, 0.29) is 17.3 Å². The zero-order valence-corrected chi connectivity index (χ0v) is 21.6. The fourth-order valence-electron chi connectivity index (χ4n) is 3.91. The van der Waals surface area contributed by atoms with Crippen LogP contribution in [0.4, 0.5) is 25.8 Å². The van der Waals surface area contributed by atoms with Crippen LogP contribution in [0.1, 0.15) is 25.7 Å². The van der Waals surface area contributed by atoms with Crippen molar-refractivity contribution in [3.8, 4) is 0 Å². The minimum Gasteiger partial charge on any atom is -0.350 e. The van der Waals surface area contributed by atoms with Crippen LogP contribution < -0.4 is 15.4 Å². The molecule has 1 atom stereocenters. The number of hydrogen-bond donors (Lipinski definition) is 3. The lowest BCUT2D eigenvalue weighted by Gasteiger charge is -2.32. The molecule has 1 unspecified atom stereocenters. The monoisotopic (exact) mass is 610 g/mol. The maximum atomic E-state index is 14.7. The minimum atomic E-state index is -3.97. The van der Waals surface area contributed by atoms with E-state index in [4.69, 9.17) is 11.6 Å². The molecule has 1 saturated heterocycles. The van der Waals surface area contributed by atoms with E-state index in [9.17, 15) is 17.2 Å². The molecule has 2 fully saturated rings. The third kappa shape index (κ3) is 6.47. The molecule has 0 aromatic heterocycles. The quantitative estimate of drug-likeness (QED) is 0.336. The van der Waals surface area contributed by atoms with Gasteiger partial charge in [0.15, 0.2) is 11.6 Å². The lowest BCUT2D eigenvalue weighted by Crippen LogP contribution is -2.45. The normalized spacial score (nSPS) is 19.5. The van der Waals surface area contributed by atoms with Crippen molar-refractivity contribution < 1.29 is 17.2 Å². The molecule has 2 aromatic carbocycles. The summed E-state index contributed by atoms with van der Waals surface area (Å²) >= 11 is 8.31. The second-order valence-corrected chi connectivity index (χ2v) is 11.9. The topological polar surface area (TPSA) is 73.5 Å². The molecule has 1 heterocycles. The Bertz CT molecular complexity index is 1120. The van der Waals surface area contributed by atoms with E-state index in [2.05, 4.69) is 37.9 Å². The maximum absolute atomic E-state index is 14.7. The molecule has 1 aliphatic carbocycles. The highest BCUT2D eigenvalue weighted by Crippen LogP contribution is 2.35. The summed E-state index contributed by atoms with van der Waals surface area (Å²) in [6.07, 6.45) is 4.23. The molecule has 11 heteroatoms. The first-order valence-corrected chi connectivity index (χ1v) is 13.8. The maximum Gasteiger partial charge on any atom is 0.301 e. The van der Waals surface area contributed by atoms with Crippen LogP contribution in [0.2, 0.25) is 5.02 Å². The van der Waals surface area contributed by atoms with Crippen molar-refractivity contribution in [2.75, 3.05) is 36.2 Å². The molecular formula is C22H26ClF2IN4O2S. The molecule has 0 bridgehead atoms. The van der Waals surface area contributed by atoms with Gasteiger partial charge in [-0.25, -0.2) is 8.78 Å². The van der Waals surface area contributed by atoms with Gasteiger partial charge in [-0.05, 0) is 104 Å². The van der Waals surface area contributed by atoms with Crippen LogP contribution in [-0.4, -0.2) is 38.9 Å². The summed E-state index contributed by atoms with van der Waals surface area (Å²) in [5, 5.41) is 6.49. The second-order valence-electron chi connectivity index (χ2n) is 8.61. The van der Waals surface area contributed by atoms with Gasteiger partial charge in [0.05, 0.1) is 16.4 Å². The zero-order valence-electron chi connectivity index (χ0n) is 17.9. The van der Waals surface area contributed by atoms with Crippen molar-refractivity contribution >= 4 is 61.5 Å². The highest BCUT2D eigenvalue weighted by Gasteiger charge is 2.30. The van der Waals surface area contributed by atoms with Crippen LogP contribution in [0.5, 0.6) is 0 Å². The number of nitrogens with one attached hydrogen (secondary N) is 3. The Labute approximate surface area is 211 Å². The highest BCUT2D eigenvalue weighted by molar-refractivity contribution is 14.1. The summed E-state index contributed by atoms with van der Waals surface area (Å²) in [4.78, 5) is 0. The first kappa shape index (κ1) is 24.9. The number of nitrogens with zero attached hydrogens (tertiary/aromatic N) is 1. The van der Waals surface area contributed by atoms with E-state index in [1.807, 2.05) is 0 Å². The number of piperidine rings is 1. The summed E-state index contributed by atoms with van der Waals surface area (Å²) in [6.45, 7) is 2.50. The predicted octanol–water partition coefficient (Wildman–Crippen LogP) is 5.33. The Kier molecular flexibility index (Phi) is 7.99. The summed E-state index contributed by atoms with van der Waals surface area (Å²) < 4.78 is 59.7. The molecule has 0 radical (unpaired) electrons. The van der Waals surface area contributed by atoms with E-state index in [1.54, 1.807) is 18.2 Å². The van der Waals surface area contributed by atoms with Gasteiger partial charge in [0.1, 0.15) is 5.69 Å². The molecule has 0 amide bonds. The van der Waals surface area contributed by atoms with Gasteiger partial charge in [-0.15, -0.1) is 0 Å². The molecule has 6 nitrogen and oxygen atoms in total. The Balaban J connectivity index is 1.50. The molecule has 2 aromatic rings. The average molecular weight is 611 g/mol. The van der Waals surface area contributed by atoms with Crippen molar-refractivity contribution in [3.63, 3.8) is 0 Å². The Morgan fingerprint density at radius 3 is 2.52 bits per heavy atom. The van der Waals surface area contributed by atoms with Crippen LogP contribution in [0, 0.1) is 27.0 Å². The smallest absolute Gasteiger partial charge is 0.301 e. The Morgan fingerprint density at radius 2 is 1.79 bits per heavy atom. The third-order valence-corrected chi connectivity index (χ3v) is 8.38. The number of hydrogen-bond acceptors (Lipinski definition) is 4. The predicted molar refractivity (Wildman–Crippen MR) is 136 cm³/mol. The van der Waals surface area contributed by atoms with Crippen molar-refractivity contribution in [3.05, 3.63) is 50.6 Å². The van der Waals surface area contributed by atoms with Gasteiger partial charge >= 0.3 is 10.2 Å². The van der Waals surface area contributed by atoms with E-state index >= 15 is 0 Å². The summed E-state index contributed by atoms with van der Waals surface area (Å²) in [6, 6.07) is 7.14. The number of anilines is 3. The SMILES string of the molecule is O=S(=O)(Nc1ccc(F)c(F)c1Nc1ccc(I)cc1Cl)N1CCCC(CNCC2CC2)C1. The van der Waals surface area contributed by atoms with Crippen LogP contribution in [0.15, 0.2) is 30.3 Å². The standard InChI is InChI=1S/C22H26ClF2IN4O2S/c23-17-10-16(26)5-7-19(17)28-22-20(8-6-18(24)21(22)25)29-33(31,32)30-9-1-2-15(13-30)12-27-11-14-3-4-14/h5-8,10,14-15,27-29H,1-4,9,11-13H2. The van der Waals surface area contributed by atoms with Crippen LogP contribution in [-0.2, 0) is 10.2 Å². The van der Waals surface area contributed by atoms with E-state index in [1.165, 1.54) is 23.2 Å². The van der Waals surface area contributed by atoms with Crippen LogP contribution in [0.3, 0.4) is 0 Å². The lowest BCUT2D eigenvalue weighted by molar-refractivity contribution is 0.261.